The highest BCUT2D eigenvalue weighted by Gasteiger charge is 2.18. The summed E-state index contributed by atoms with van der Waals surface area (Å²) < 4.78 is 35.2. The standard InChI is InChI=1S/C23H19F2N3O2/c24-23(25)29-19-14-8-7-13-18(19)22-27-20(30-28-22)15-26-21(16-9-3-1-4-10-16)17-11-5-2-6-12-17/h1-14,21,23,26H,15H2. The molecule has 0 aliphatic carbocycles. The Morgan fingerprint density at radius 1 is 0.833 bits per heavy atom. The first kappa shape index (κ1) is 19.7. The van der Waals surface area contributed by atoms with Crippen molar-refractivity contribution in [2.24, 2.45) is 0 Å². The molecule has 0 radical (unpaired) electrons. The van der Waals surface area contributed by atoms with Gasteiger partial charge in [-0.05, 0) is 23.3 Å². The Kier molecular flexibility index (Phi) is 6.10. The SMILES string of the molecule is FC(F)Oc1ccccc1-c1noc(CNC(c2ccccc2)c2ccccc2)n1. The van der Waals surface area contributed by atoms with E-state index in [1.165, 1.54) is 6.07 Å². The predicted molar refractivity (Wildman–Crippen MR) is 108 cm³/mol. The average molecular weight is 407 g/mol. The van der Waals surface area contributed by atoms with E-state index in [0.29, 0.717) is 18.0 Å². The lowest BCUT2D eigenvalue weighted by molar-refractivity contribution is -0.0494. The lowest BCUT2D eigenvalue weighted by atomic mass is 9.99. The molecule has 0 saturated heterocycles. The van der Waals surface area contributed by atoms with Gasteiger partial charge in [0.05, 0.1) is 18.2 Å². The fraction of sp³-hybridized carbons (Fsp3) is 0.130. The molecule has 4 rings (SSSR count). The Morgan fingerprint density at radius 2 is 1.43 bits per heavy atom. The highest BCUT2D eigenvalue weighted by Crippen LogP contribution is 2.29. The van der Waals surface area contributed by atoms with Crippen molar-refractivity contribution in [2.45, 2.75) is 19.2 Å². The van der Waals surface area contributed by atoms with Crippen LogP contribution >= 0.6 is 0 Å². The van der Waals surface area contributed by atoms with Gasteiger partial charge >= 0.3 is 6.61 Å². The smallest absolute Gasteiger partial charge is 0.387 e. The van der Waals surface area contributed by atoms with Gasteiger partial charge in [-0.15, -0.1) is 0 Å². The zero-order chi connectivity index (χ0) is 20.8. The number of halogens is 2. The van der Waals surface area contributed by atoms with Crippen LogP contribution in [0.15, 0.2) is 89.5 Å². The van der Waals surface area contributed by atoms with Crippen LogP contribution in [0.2, 0.25) is 0 Å². The molecule has 1 N–H and O–H groups in total. The van der Waals surface area contributed by atoms with Crippen LogP contribution in [0, 0.1) is 0 Å². The van der Waals surface area contributed by atoms with E-state index in [0.717, 1.165) is 11.1 Å². The summed E-state index contributed by atoms with van der Waals surface area (Å²) >= 11 is 0. The van der Waals surface area contributed by atoms with Crippen LogP contribution in [0.1, 0.15) is 23.1 Å². The quantitative estimate of drug-likeness (QED) is 0.434. The maximum Gasteiger partial charge on any atom is 0.387 e. The Hall–Kier alpha value is -3.58. The van der Waals surface area contributed by atoms with Crippen LogP contribution in [0.3, 0.4) is 0 Å². The van der Waals surface area contributed by atoms with E-state index in [1.54, 1.807) is 18.2 Å². The van der Waals surface area contributed by atoms with Gasteiger partial charge < -0.3 is 9.26 Å². The summed E-state index contributed by atoms with van der Waals surface area (Å²) in [7, 11) is 0. The number of aromatic nitrogens is 2. The molecule has 152 valence electrons. The minimum atomic E-state index is -2.93. The van der Waals surface area contributed by atoms with Crippen molar-refractivity contribution in [2.75, 3.05) is 0 Å². The van der Waals surface area contributed by atoms with Crippen molar-refractivity contribution < 1.29 is 18.0 Å². The second-order valence-electron chi connectivity index (χ2n) is 6.52. The molecule has 5 nitrogen and oxygen atoms in total. The van der Waals surface area contributed by atoms with Gasteiger partial charge in [0.2, 0.25) is 11.7 Å². The molecule has 1 aromatic heterocycles. The first-order valence-corrected chi connectivity index (χ1v) is 9.41. The topological polar surface area (TPSA) is 60.2 Å². The number of nitrogens with zero attached hydrogens (tertiary/aromatic N) is 2. The van der Waals surface area contributed by atoms with Crippen molar-refractivity contribution in [3.8, 4) is 17.1 Å². The summed E-state index contributed by atoms with van der Waals surface area (Å²) in [5, 5.41) is 7.36. The summed E-state index contributed by atoms with van der Waals surface area (Å²) in [5.74, 6) is 0.534. The van der Waals surface area contributed by atoms with Crippen LogP contribution in [0.4, 0.5) is 8.78 Å². The number of benzene rings is 3. The lowest BCUT2D eigenvalue weighted by Crippen LogP contribution is -2.22. The Morgan fingerprint density at radius 3 is 2.07 bits per heavy atom. The number of hydrogen-bond donors (Lipinski definition) is 1. The van der Waals surface area contributed by atoms with Gasteiger partial charge in [0.1, 0.15) is 5.75 Å². The third-order valence-electron chi connectivity index (χ3n) is 4.54. The van der Waals surface area contributed by atoms with Crippen molar-refractivity contribution in [1.29, 1.82) is 0 Å². The van der Waals surface area contributed by atoms with E-state index in [4.69, 9.17) is 4.52 Å². The van der Waals surface area contributed by atoms with Gasteiger partial charge in [0, 0.05) is 0 Å². The van der Waals surface area contributed by atoms with Crippen LogP contribution in [-0.2, 0) is 6.54 Å². The van der Waals surface area contributed by atoms with Gasteiger partial charge in [-0.3, -0.25) is 5.32 Å². The van der Waals surface area contributed by atoms with Gasteiger partial charge in [0.25, 0.3) is 0 Å². The van der Waals surface area contributed by atoms with Gasteiger partial charge in [0.15, 0.2) is 0 Å². The molecular formula is C23H19F2N3O2. The molecule has 0 unspecified atom stereocenters. The molecule has 0 fully saturated rings. The molecule has 0 aliphatic heterocycles. The average Bonchev–Trinajstić information content (AvgIpc) is 3.24. The highest BCUT2D eigenvalue weighted by molar-refractivity contribution is 5.63. The van der Waals surface area contributed by atoms with E-state index in [-0.39, 0.29) is 17.6 Å². The Labute approximate surface area is 172 Å². The summed E-state index contributed by atoms with van der Waals surface area (Å²) in [4.78, 5) is 4.34. The molecule has 0 aliphatic rings. The molecule has 0 saturated carbocycles. The van der Waals surface area contributed by atoms with Crippen molar-refractivity contribution >= 4 is 0 Å². The van der Waals surface area contributed by atoms with E-state index >= 15 is 0 Å². The third-order valence-corrected chi connectivity index (χ3v) is 4.54. The maximum absolute atomic E-state index is 12.7. The lowest BCUT2D eigenvalue weighted by Gasteiger charge is -2.18. The predicted octanol–water partition coefficient (Wildman–Crippen LogP) is 5.22. The van der Waals surface area contributed by atoms with Crippen LogP contribution in [0.25, 0.3) is 11.4 Å². The second-order valence-corrected chi connectivity index (χ2v) is 6.52. The molecular weight excluding hydrogens is 388 g/mol. The van der Waals surface area contributed by atoms with Crippen LogP contribution in [0.5, 0.6) is 5.75 Å². The normalized spacial score (nSPS) is 11.2. The molecule has 0 bridgehead atoms. The molecule has 0 atom stereocenters. The summed E-state index contributed by atoms with van der Waals surface area (Å²) in [6.45, 7) is -2.63. The molecule has 7 heteroatoms. The van der Waals surface area contributed by atoms with Crippen molar-refractivity contribution in [3.05, 3.63) is 102 Å². The fourth-order valence-electron chi connectivity index (χ4n) is 3.19. The number of nitrogens with one attached hydrogen (secondary N) is 1. The van der Waals surface area contributed by atoms with E-state index in [9.17, 15) is 8.78 Å². The van der Waals surface area contributed by atoms with Crippen LogP contribution in [-0.4, -0.2) is 16.8 Å². The number of rotatable bonds is 8. The maximum atomic E-state index is 12.7. The number of ether oxygens (including phenoxy) is 1. The molecule has 1 heterocycles. The molecule has 0 amide bonds. The Bertz CT molecular complexity index is 1030. The zero-order valence-electron chi connectivity index (χ0n) is 15.9. The van der Waals surface area contributed by atoms with Gasteiger partial charge in [-0.1, -0.05) is 78.0 Å². The van der Waals surface area contributed by atoms with E-state index in [1.807, 2.05) is 60.7 Å². The second kappa shape index (κ2) is 9.28. The first-order valence-electron chi connectivity index (χ1n) is 9.41. The number of alkyl halides is 2. The molecule has 4 aromatic rings. The monoisotopic (exact) mass is 407 g/mol. The zero-order valence-corrected chi connectivity index (χ0v) is 15.9. The molecule has 0 spiro atoms. The highest BCUT2D eigenvalue weighted by atomic mass is 19.3. The number of para-hydroxylation sites is 1. The van der Waals surface area contributed by atoms with E-state index < -0.39 is 6.61 Å². The Balaban J connectivity index is 1.53. The third kappa shape index (κ3) is 4.69. The largest absolute Gasteiger partial charge is 0.434 e. The first-order chi connectivity index (χ1) is 14.7. The number of hydrogen-bond acceptors (Lipinski definition) is 5. The minimum Gasteiger partial charge on any atom is -0.434 e. The van der Waals surface area contributed by atoms with Gasteiger partial charge in [-0.2, -0.15) is 13.8 Å². The van der Waals surface area contributed by atoms with Crippen LogP contribution < -0.4 is 10.1 Å². The minimum absolute atomic E-state index is 0.000688. The molecule has 30 heavy (non-hydrogen) atoms. The van der Waals surface area contributed by atoms with E-state index in [2.05, 4.69) is 20.2 Å². The van der Waals surface area contributed by atoms with Crippen molar-refractivity contribution in [3.63, 3.8) is 0 Å². The van der Waals surface area contributed by atoms with Gasteiger partial charge in [-0.25, -0.2) is 0 Å². The van der Waals surface area contributed by atoms with Crippen molar-refractivity contribution in [1.82, 2.24) is 15.5 Å². The summed E-state index contributed by atoms with van der Waals surface area (Å²) in [6, 6.07) is 26.3. The molecule has 3 aromatic carbocycles. The fourth-order valence-corrected chi connectivity index (χ4v) is 3.19. The summed E-state index contributed by atoms with van der Waals surface area (Å²) in [5.41, 5.74) is 2.54. The summed E-state index contributed by atoms with van der Waals surface area (Å²) in [6.07, 6.45) is 0.